The maximum atomic E-state index is 11.7. The number of ether oxygens (including phenoxy) is 3. The van der Waals surface area contributed by atoms with Gasteiger partial charge in [-0.3, -0.25) is 0 Å². The zero-order valence-electron chi connectivity index (χ0n) is 19.4. The van der Waals surface area contributed by atoms with E-state index in [4.69, 9.17) is 14.2 Å². The number of aryl methyl sites for hydroxylation is 1. The fourth-order valence-electron chi connectivity index (χ4n) is 3.41. The lowest BCUT2D eigenvalue weighted by Crippen LogP contribution is -2.17. The Hall–Kier alpha value is -3.14. The van der Waals surface area contributed by atoms with Crippen LogP contribution in [0.5, 0.6) is 17.2 Å². The molecule has 0 aliphatic carbocycles. The summed E-state index contributed by atoms with van der Waals surface area (Å²) in [6, 6.07) is 16.0. The molecule has 0 fully saturated rings. The average molecular weight is 499 g/mol. The first kappa shape index (κ1) is 24.0. The van der Waals surface area contributed by atoms with Crippen molar-refractivity contribution in [3.05, 3.63) is 65.7 Å². The molecule has 9 heteroatoms. The van der Waals surface area contributed by atoms with Crippen molar-refractivity contribution in [2.75, 3.05) is 20.0 Å². The molecule has 0 spiro atoms. The Balaban J connectivity index is 1.66. The monoisotopic (exact) mass is 498 g/mol. The maximum Gasteiger partial charge on any atom is 0.175 e. The van der Waals surface area contributed by atoms with Gasteiger partial charge in [0.1, 0.15) is 28.4 Å². The quantitative estimate of drug-likeness (QED) is 0.317. The molecule has 4 rings (SSSR count). The molecule has 0 aliphatic rings. The van der Waals surface area contributed by atoms with Gasteiger partial charge in [-0.2, -0.15) is 0 Å². The minimum Gasteiger partial charge on any atom is -0.488 e. The molecule has 0 saturated heterocycles. The lowest BCUT2D eigenvalue weighted by Gasteiger charge is -2.16. The number of benzene rings is 2. The predicted molar refractivity (Wildman–Crippen MR) is 134 cm³/mol. The highest BCUT2D eigenvalue weighted by molar-refractivity contribution is 7.90. The van der Waals surface area contributed by atoms with Gasteiger partial charge in [0.15, 0.2) is 9.84 Å². The lowest BCUT2D eigenvalue weighted by molar-refractivity contribution is 0.0920. The number of hydrogen-bond donors (Lipinski definition) is 1. The molecule has 1 atom stereocenters. The van der Waals surface area contributed by atoms with Crippen LogP contribution in [0.4, 0.5) is 0 Å². The van der Waals surface area contributed by atoms with E-state index in [0.29, 0.717) is 23.9 Å². The molecule has 0 aliphatic heterocycles. The Bertz CT molecular complexity index is 1370. The van der Waals surface area contributed by atoms with Gasteiger partial charge in [-0.25, -0.2) is 13.4 Å². The van der Waals surface area contributed by atoms with E-state index in [0.717, 1.165) is 26.8 Å². The van der Waals surface area contributed by atoms with Gasteiger partial charge in [0.2, 0.25) is 0 Å². The van der Waals surface area contributed by atoms with Gasteiger partial charge < -0.3 is 19.2 Å². The summed E-state index contributed by atoms with van der Waals surface area (Å²) in [5.41, 5.74) is 2.71. The predicted octanol–water partition coefficient (Wildman–Crippen LogP) is 5.72. The number of nitrogens with one attached hydrogen (secondary N) is 1. The van der Waals surface area contributed by atoms with Crippen LogP contribution in [0.25, 0.3) is 22.0 Å². The third-order valence-electron chi connectivity index (χ3n) is 4.95. The van der Waals surface area contributed by atoms with E-state index in [1.54, 1.807) is 36.6 Å². The minimum absolute atomic E-state index is 0.153. The van der Waals surface area contributed by atoms with Crippen LogP contribution < -0.4 is 9.47 Å². The molecule has 0 saturated carbocycles. The normalized spacial score (nSPS) is 12.5. The second-order valence-electron chi connectivity index (χ2n) is 7.98. The average Bonchev–Trinajstić information content (AvgIpc) is 3.43. The molecule has 0 radical (unpaired) electrons. The third-order valence-corrected chi connectivity index (χ3v) is 7.03. The van der Waals surface area contributed by atoms with E-state index in [1.807, 2.05) is 44.3 Å². The zero-order chi connectivity index (χ0) is 24.3. The Labute approximate surface area is 203 Å². The number of aromatic nitrogens is 2. The van der Waals surface area contributed by atoms with Crippen LogP contribution in [-0.2, 0) is 14.6 Å². The number of aromatic amines is 1. The summed E-state index contributed by atoms with van der Waals surface area (Å²) in [6.45, 7) is 4.40. The molecule has 0 amide bonds. The summed E-state index contributed by atoms with van der Waals surface area (Å²) in [6.07, 6.45) is 2.88. The van der Waals surface area contributed by atoms with Crippen molar-refractivity contribution in [1.82, 2.24) is 9.97 Å². The zero-order valence-corrected chi connectivity index (χ0v) is 21.0. The van der Waals surface area contributed by atoms with Crippen LogP contribution in [0.15, 0.2) is 65.7 Å². The molecule has 0 unspecified atom stereocenters. The molecule has 34 heavy (non-hydrogen) atoms. The van der Waals surface area contributed by atoms with Crippen LogP contribution in [0, 0.1) is 6.92 Å². The van der Waals surface area contributed by atoms with Gasteiger partial charge in [-0.05, 0) is 62.4 Å². The summed E-state index contributed by atoms with van der Waals surface area (Å²) in [5.74, 6) is 1.71. The summed E-state index contributed by atoms with van der Waals surface area (Å²) in [5, 5.41) is 0.923. The first-order valence-electron chi connectivity index (χ1n) is 10.6. The summed E-state index contributed by atoms with van der Waals surface area (Å²) in [7, 11) is -1.65. The maximum absolute atomic E-state index is 11.7. The second-order valence-corrected chi connectivity index (χ2v) is 11.2. The van der Waals surface area contributed by atoms with E-state index in [-0.39, 0.29) is 11.0 Å². The van der Waals surface area contributed by atoms with E-state index >= 15 is 0 Å². The number of H-pyrrole nitrogens is 1. The molecule has 1 N–H and O–H groups in total. The summed E-state index contributed by atoms with van der Waals surface area (Å²) < 4.78 is 40.8. The van der Waals surface area contributed by atoms with Gasteiger partial charge in [0, 0.05) is 41.8 Å². The molecule has 2 heterocycles. The molecule has 2 aromatic heterocycles. The van der Waals surface area contributed by atoms with Crippen LogP contribution in [0.1, 0.15) is 11.8 Å². The third kappa shape index (κ3) is 5.85. The molecule has 178 valence electrons. The number of rotatable bonds is 9. The van der Waals surface area contributed by atoms with Crippen LogP contribution >= 0.6 is 11.3 Å². The fraction of sp³-hybridized carbons (Fsp3) is 0.240. The molecule has 7 nitrogen and oxygen atoms in total. The summed E-state index contributed by atoms with van der Waals surface area (Å²) in [4.78, 5) is 9.26. The van der Waals surface area contributed by atoms with E-state index in [1.165, 1.54) is 18.4 Å². The minimum atomic E-state index is -3.28. The summed E-state index contributed by atoms with van der Waals surface area (Å²) >= 11 is 1.63. The highest BCUT2D eigenvalue weighted by Crippen LogP contribution is 2.34. The van der Waals surface area contributed by atoms with Gasteiger partial charge in [-0.15, -0.1) is 11.3 Å². The second kappa shape index (κ2) is 10.0. The Morgan fingerprint density at radius 3 is 2.35 bits per heavy atom. The van der Waals surface area contributed by atoms with Crippen molar-refractivity contribution in [3.63, 3.8) is 0 Å². The van der Waals surface area contributed by atoms with Crippen LogP contribution in [0.3, 0.4) is 0 Å². The molecule has 4 aromatic rings. The first-order valence-corrected chi connectivity index (χ1v) is 13.3. The largest absolute Gasteiger partial charge is 0.488 e. The number of methoxy groups -OCH3 is 1. The standard InChI is InChI=1S/C25H26N2O5S2/c1-16(15-30-3)31-20-11-18(23-9-10-24(27-23)25-26-14-17(2)33-25)12-21(13-20)32-19-5-7-22(8-6-19)34(4,28)29/h5-14,16,27H,15H2,1-4H3/t16-/m0/s1. The van der Waals surface area contributed by atoms with Crippen molar-refractivity contribution in [3.8, 4) is 39.2 Å². The molecule has 2 aromatic carbocycles. The van der Waals surface area contributed by atoms with Crippen molar-refractivity contribution < 1.29 is 22.6 Å². The number of nitrogens with zero attached hydrogens (tertiary/aromatic N) is 1. The molecular weight excluding hydrogens is 472 g/mol. The smallest absolute Gasteiger partial charge is 0.175 e. The Morgan fingerprint density at radius 1 is 1.00 bits per heavy atom. The number of thiazole rings is 1. The van der Waals surface area contributed by atoms with Crippen LogP contribution in [-0.4, -0.2) is 44.5 Å². The molecular formula is C25H26N2O5S2. The van der Waals surface area contributed by atoms with Gasteiger partial charge in [0.25, 0.3) is 0 Å². The van der Waals surface area contributed by atoms with Gasteiger partial charge >= 0.3 is 0 Å². The first-order chi connectivity index (χ1) is 16.2. The van der Waals surface area contributed by atoms with Crippen molar-refractivity contribution >= 4 is 21.2 Å². The SMILES string of the molecule is COC[C@H](C)Oc1cc(Oc2ccc(S(C)(=O)=O)cc2)cc(-c2ccc(-c3ncc(C)s3)[nH]2)c1. The topological polar surface area (TPSA) is 90.5 Å². The van der Waals surface area contributed by atoms with Gasteiger partial charge in [0.05, 0.1) is 17.2 Å². The fourth-order valence-corrected chi connectivity index (χ4v) is 4.79. The van der Waals surface area contributed by atoms with E-state index in [2.05, 4.69) is 9.97 Å². The highest BCUT2D eigenvalue weighted by Gasteiger charge is 2.13. The van der Waals surface area contributed by atoms with Crippen molar-refractivity contribution in [1.29, 1.82) is 0 Å². The van der Waals surface area contributed by atoms with E-state index < -0.39 is 9.84 Å². The number of hydrogen-bond acceptors (Lipinski definition) is 7. The van der Waals surface area contributed by atoms with E-state index in [9.17, 15) is 8.42 Å². The number of sulfone groups is 1. The van der Waals surface area contributed by atoms with Crippen molar-refractivity contribution in [2.45, 2.75) is 24.8 Å². The highest BCUT2D eigenvalue weighted by atomic mass is 32.2. The lowest BCUT2D eigenvalue weighted by atomic mass is 10.1. The Morgan fingerprint density at radius 2 is 1.71 bits per heavy atom. The van der Waals surface area contributed by atoms with Gasteiger partial charge in [-0.1, -0.05) is 0 Å². The molecule has 0 bridgehead atoms. The Kier molecular flexibility index (Phi) is 7.06. The van der Waals surface area contributed by atoms with Crippen molar-refractivity contribution in [2.24, 2.45) is 0 Å². The van der Waals surface area contributed by atoms with Crippen LogP contribution in [0.2, 0.25) is 0 Å².